The number of allylic oxidation sites excluding steroid dienone is 6. The van der Waals surface area contributed by atoms with E-state index >= 15 is 0 Å². The zero-order valence-corrected chi connectivity index (χ0v) is 13.5. The maximum Gasteiger partial charge on any atom is 0.155 e. The lowest BCUT2D eigenvalue weighted by Gasteiger charge is -2.55. The standard InChI is InChI=1S/C20H26O/c1-13-4-7-17-16-6-5-14-12-15(21)8-10-20(14,3)18(16)9-11-19(13,17)2/h4,7,12,16,18H,5-6,8-11H2,1-3H3/t16-,18-,19+,20-/m0/s1. The topological polar surface area (TPSA) is 17.1 Å². The van der Waals surface area contributed by atoms with Gasteiger partial charge in [-0.15, -0.1) is 0 Å². The Hall–Kier alpha value is -1.11. The zero-order chi connectivity index (χ0) is 14.8. The Labute approximate surface area is 128 Å². The van der Waals surface area contributed by atoms with Gasteiger partial charge in [-0.3, -0.25) is 4.79 Å². The Bertz CT molecular complexity index is 605. The summed E-state index contributed by atoms with van der Waals surface area (Å²) in [7, 11) is 0. The fraction of sp³-hybridized carbons (Fsp3) is 0.650. The van der Waals surface area contributed by atoms with E-state index in [-0.39, 0.29) is 5.41 Å². The van der Waals surface area contributed by atoms with Crippen LogP contribution in [0.5, 0.6) is 0 Å². The molecule has 0 spiro atoms. The quantitative estimate of drug-likeness (QED) is 0.611. The maximum absolute atomic E-state index is 11.8. The molecule has 112 valence electrons. The normalized spacial score (nSPS) is 45.1. The molecule has 21 heavy (non-hydrogen) atoms. The van der Waals surface area contributed by atoms with Crippen molar-refractivity contribution in [1.82, 2.24) is 0 Å². The number of carbonyl (C=O) groups excluding carboxylic acids is 1. The van der Waals surface area contributed by atoms with Crippen LogP contribution in [0.4, 0.5) is 0 Å². The molecule has 0 radical (unpaired) electrons. The number of carbonyl (C=O) groups is 1. The molecule has 0 amide bonds. The predicted molar refractivity (Wildman–Crippen MR) is 85.8 cm³/mol. The van der Waals surface area contributed by atoms with Gasteiger partial charge in [0.05, 0.1) is 0 Å². The average Bonchev–Trinajstić information content (AvgIpc) is 2.76. The molecular weight excluding hydrogens is 256 g/mol. The summed E-state index contributed by atoms with van der Waals surface area (Å²) in [6.45, 7) is 7.20. The molecule has 0 saturated heterocycles. The molecule has 1 nitrogen and oxygen atoms in total. The van der Waals surface area contributed by atoms with Crippen molar-refractivity contribution in [1.29, 1.82) is 0 Å². The summed E-state index contributed by atoms with van der Waals surface area (Å²) in [6.07, 6.45) is 13.6. The van der Waals surface area contributed by atoms with Crippen LogP contribution in [0.15, 0.2) is 34.9 Å². The summed E-state index contributed by atoms with van der Waals surface area (Å²) >= 11 is 0. The Morgan fingerprint density at radius 3 is 2.71 bits per heavy atom. The van der Waals surface area contributed by atoms with Gasteiger partial charge in [-0.25, -0.2) is 0 Å². The van der Waals surface area contributed by atoms with Crippen LogP contribution in [0.1, 0.15) is 59.3 Å². The van der Waals surface area contributed by atoms with Gasteiger partial charge in [0, 0.05) is 11.8 Å². The van der Waals surface area contributed by atoms with Crippen molar-refractivity contribution in [2.24, 2.45) is 22.7 Å². The van der Waals surface area contributed by atoms with E-state index in [1.165, 1.54) is 24.8 Å². The molecule has 0 heterocycles. The van der Waals surface area contributed by atoms with Crippen molar-refractivity contribution >= 4 is 5.78 Å². The van der Waals surface area contributed by atoms with Gasteiger partial charge in [0.25, 0.3) is 0 Å². The lowest BCUT2D eigenvalue weighted by atomic mass is 9.48. The summed E-state index contributed by atoms with van der Waals surface area (Å²) in [4.78, 5) is 11.8. The van der Waals surface area contributed by atoms with Crippen LogP contribution in [0.3, 0.4) is 0 Å². The monoisotopic (exact) mass is 282 g/mol. The minimum absolute atomic E-state index is 0.287. The van der Waals surface area contributed by atoms with Gasteiger partial charge < -0.3 is 0 Å². The molecule has 0 aromatic carbocycles. The van der Waals surface area contributed by atoms with Crippen molar-refractivity contribution in [3.05, 3.63) is 34.9 Å². The molecule has 4 rings (SSSR count). The molecule has 0 bridgehead atoms. The van der Waals surface area contributed by atoms with E-state index in [2.05, 4.69) is 32.9 Å². The largest absolute Gasteiger partial charge is 0.295 e. The van der Waals surface area contributed by atoms with Crippen molar-refractivity contribution in [2.45, 2.75) is 59.3 Å². The SMILES string of the molecule is CC1=CC=C2[C@@H]3CCC4=CC(=O)CC[C@]4(C)[C@H]3CC[C@]12C. The van der Waals surface area contributed by atoms with E-state index in [0.717, 1.165) is 31.1 Å². The molecule has 4 aliphatic rings. The van der Waals surface area contributed by atoms with Gasteiger partial charge in [-0.05, 0) is 62.4 Å². The van der Waals surface area contributed by atoms with Gasteiger partial charge in [0.15, 0.2) is 5.78 Å². The van der Waals surface area contributed by atoms with Crippen molar-refractivity contribution < 1.29 is 4.79 Å². The summed E-state index contributed by atoms with van der Waals surface area (Å²) in [5, 5.41) is 0. The molecule has 4 aliphatic carbocycles. The Morgan fingerprint density at radius 2 is 1.90 bits per heavy atom. The number of ketones is 1. The first-order valence-electron chi connectivity index (χ1n) is 8.58. The highest BCUT2D eigenvalue weighted by atomic mass is 16.1. The second-order valence-corrected chi connectivity index (χ2v) is 8.15. The van der Waals surface area contributed by atoms with E-state index in [1.807, 2.05) is 6.08 Å². The van der Waals surface area contributed by atoms with Crippen molar-refractivity contribution in [2.75, 3.05) is 0 Å². The second-order valence-electron chi connectivity index (χ2n) is 8.15. The van der Waals surface area contributed by atoms with Crippen LogP contribution in [-0.2, 0) is 4.79 Å². The van der Waals surface area contributed by atoms with E-state index in [9.17, 15) is 4.79 Å². The van der Waals surface area contributed by atoms with Gasteiger partial charge in [-0.2, -0.15) is 0 Å². The third-order valence-corrected chi connectivity index (χ3v) is 7.36. The third-order valence-electron chi connectivity index (χ3n) is 7.36. The third kappa shape index (κ3) is 1.67. The Morgan fingerprint density at radius 1 is 1.10 bits per heavy atom. The fourth-order valence-corrected chi connectivity index (χ4v) is 5.73. The highest BCUT2D eigenvalue weighted by Gasteiger charge is 2.53. The molecule has 2 fully saturated rings. The van der Waals surface area contributed by atoms with E-state index in [4.69, 9.17) is 0 Å². The van der Waals surface area contributed by atoms with Crippen LogP contribution < -0.4 is 0 Å². The molecule has 0 aliphatic heterocycles. The molecule has 0 aromatic rings. The highest BCUT2D eigenvalue weighted by molar-refractivity contribution is 5.91. The molecular formula is C20H26O. The maximum atomic E-state index is 11.8. The van der Waals surface area contributed by atoms with Gasteiger partial charge in [0.2, 0.25) is 0 Å². The first-order chi connectivity index (χ1) is 9.95. The Balaban J connectivity index is 1.73. The second kappa shape index (κ2) is 4.21. The van der Waals surface area contributed by atoms with Crippen LogP contribution in [-0.4, -0.2) is 5.78 Å². The minimum Gasteiger partial charge on any atom is -0.295 e. The first-order valence-corrected chi connectivity index (χ1v) is 8.58. The van der Waals surface area contributed by atoms with Crippen LogP contribution in [0.25, 0.3) is 0 Å². The van der Waals surface area contributed by atoms with Crippen LogP contribution >= 0.6 is 0 Å². The molecule has 2 saturated carbocycles. The Kier molecular flexibility index (Phi) is 2.72. The molecule has 4 atom stereocenters. The molecule has 1 heteroatoms. The van der Waals surface area contributed by atoms with Gasteiger partial charge in [0.1, 0.15) is 0 Å². The molecule has 0 unspecified atom stereocenters. The van der Waals surface area contributed by atoms with Crippen LogP contribution in [0.2, 0.25) is 0 Å². The van der Waals surface area contributed by atoms with E-state index < -0.39 is 0 Å². The lowest BCUT2D eigenvalue weighted by molar-refractivity contribution is -0.116. The lowest BCUT2D eigenvalue weighted by Crippen LogP contribution is -2.46. The number of hydrogen-bond acceptors (Lipinski definition) is 1. The van der Waals surface area contributed by atoms with Crippen molar-refractivity contribution in [3.63, 3.8) is 0 Å². The first kappa shape index (κ1) is 13.5. The smallest absolute Gasteiger partial charge is 0.155 e. The predicted octanol–water partition coefficient (Wildman–Crippen LogP) is 4.99. The van der Waals surface area contributed by atoms with Crippen molar-refractivity contribution in [3.8, 4) is 0 Å². The van der Waals surface area contributed by atoms with E-state index in [1.54, 1.807) is 11.1 Å². The number of rotatable bonds is 0. The summed E-state index contributed by atoms with van der Waals surface area (Å²) in [5.41, 5.74) is 5.35. The summed E-state index contributed by atoms with van der Waals surface area (Å²) in [5.74, 6) is 1.86. The summed E-state index contributed by atoms with van der Waals surface area (Å²) < 4.78 is 0. The van der Waals surface area contributed by atoms with Crippen LogP contribution in [0, 0.1) is 22.7 Å². The molecule has 0 N–H and O–H groups in total. The number of fused-ring (bicyclic) bond motifs is 5. The summed E-state index contributed by atoms with van der Waals surface area (Å²) in [6, 6.07) is 0. The zero-order valence-electron chi connectivity index (χ0n) is 13.5. The average molecular weight is 282 g/mol. The molecule has 0 aromatic heterocycles. The van der Waals surface area contributed by atoms with Gasteiger partial charge in [-0.1, -0.05) is 42.7 Å². The fourth-order valence-electron chi connectivity index (χ4n) is 5.73. The van der Waals surface area contributed by atoms with E-state index in [0.29, 0.717) is 11.2 Å². The number of hydrogen-bond donors (Lipinski definition) is 0. The van der Waals surface area contributed by atoms with Gasteiger partial charge >= 0.3 is 0 Å². The minimum atomic E-state index is 0.287. The highest BCUT2D eigenvalue weighted by Crippen LogP contribution is 2.63.